The van der Waals surface area contributed by atoms with Crippen LogP contribution < -0.4 is 0 Å². The molecular weight excluding hydrogens is 374 g/mol. The van der Waals surface area contributed by atoms with Gasteiger partial charge >= 0.3 is 0 Å². The Labute approximate surface area is 167 Å². The van der Waals surface area contributed by atoms with Crippen LogP contribution in [0.15, 0.2) is 59.5 Å². The maximum atomic E-state index is 12.9. The van der Waals surface area contributed by atoms with Gasteiger partial charge in [-0.25, -0.2) is 8.42 Å². The van der Waals surface area contributed by atoms with Crippen LogP contribution in [0, 0.1) is 12.8 Å². The molecule has 1 atom stereocenters. The van der Waals surface area contributed by atoms with Gasteiger partial charge in [0.25, 0.3) is 0 Å². The number of ether oxygens (including phenoxy) is 1. The summed E-state index contributed by atoms with van der Waals surface area (Å²) in [6, 6.07) is 16.6. The van der Waals surface area contributed by atoms with Crippen molar-refractivity contribution >= 4 is 15.8 Å². The molecule has 3 rings (SSSR count). The van der Waals surface area contributed by atoms with E-state index in [1.807, 2.05) is 49.4 Å². The minimum absolute atomic E-state index is 0.0236. The van der Waals surface area contributed by atoms with Gasteiger partial charge in [0.2, 0.25) is 10.0 Å². The lowest BCUT2D eigenvalue weighted by Crippen LogP contribution is -2.40. The fourth-order valence-electron chi connectivity index (χ4n) is 3.51. The molecular formula is C22H27NO4S. The van der Waals surface area contributed by atoms with E-state index in [1.165, 1.54) is 4.31 Å². The molecule has 28 heavy (non-hydrogen) atoms. The van der Waals surface area contributed by atoms with Gasteiger partial charge in [0.05, 0.1) is 11.5 Å². The van der Waals surface area contributed by atoms with Crippen LogP contribution in [0.2, 0.25) is 0 Å². The Hall–Kier alpha value is -2.02. The first-order valence-corrected chi connectivity index (χ1v) is 11.1. The van der Waals surface area contributed by atoms with Crippen molar-refractivity contribution in [2.24, 2.45) is 5.92 Å². The molecule has 0 amide bonds. The molecule has 1 aliphatic rings. The van der Waals surface area contributed by atoms with Crippen molar-refractivity contribution in [1.82, 2.24) is 4.31 Å². The van der Waals surface area contributed by atoms with E-state index in [2.05, 4.69) is 0 Å². The van der Waals surface area contributed by atoms with Gasteiger partial charge in [-0.05, 0) is 43.4 Å². The number of carbonyl (C=O) groups is 1. The Bertz CT molecular complexity index is 879. The smallest absolute Gasteiger partial charge is 0.243 e. The standard InChI is InChI=1S/C22H27NO4S/c1-18-9-11-22(12-10-18)28(25,26)23-13-5-8-20(15-23)14-21(24)17-27-16-19-6-3-2-4-7-19/h2-4,6-7,9-12,20H,5,8,13-17H2,1H3. The summed E-state index contributed by atoms with van der Waals surface area (Å²) in [4.78, 5) is 12.6. The van der Waals surface area contributed by atoms with Crippen molar-refractivity contribution in [3.05, 3.63) is 65.7 Å². The number of rotatable bonds is 8. The predicted octanol–water partition coefficient (Wildman–Crippen LogP) is 3.57. The molecule has 1 aliphatic heterocycles. The second-order valence-corrected chi connectivity index (χ2v) is 9.34. The zero-order valence-corrected chi connectivity index (χ0v) is 17.0. The Balaban J connectivity index is 1.51. The van der Waals surface area contributed by atoms with Crippen molar-refractivity contribution in [1.29, 1.82) is 0 Å². The molecule has 1 unspecified atom stereocenters. The van der Waals surface area contributed by atoms with E-state index >= 15 is 0 Å². The average molecular weight is 402 g/mol. The molecule has 6 heteroatoms. The first-order valence-electron chi connectivity index (χ1n) is 9.65. The van der Waals surface area contributed by atoms with Gasteiger partial charge in [0.15, 0.2) is 5.78 Å². The maximum Gasteiger partial charge on any atom is 0.243 e. The molecule has 2 aromatic rings. The summed E-state index contributed by atoms with van der Waals surface area (Å²) in [5, 5.41) is 0. The predicted molar refractivity (Wildman–Crippen MR) is 108 cm³/mol. The topological polar surface area (TPSA) is 63.7 Å². The first kappa shape index (κ1) is 20.7. The van der Waals surface area contributed by atoms with Crippen LogP contribution in [-0.4, -0.2) is 38.2 Å². The molecule has 150 valence electrons. The van der Waals surface area contributed by atoms with Crippen molar-refractivity contribution in [2.45, 2.75) is 37.7 Å². The molecule has 0 aliphatic carbocycles. The number of carbonyl (C=O) groups excluding carboxylic acids is 1. The van der Waals surface area contributed by atoms with Crippen molar-refractivity contribution < 1.29 is 17.9 Å². The Morgan fingerprint density at radius 3 is 2.54 bits per heavy atom. The zero-order valence-electron chi connectivity index (χ0n) is 16.2. The van der Waals surface area contributed by atoms with E-state index in [4.69, 9.17) is 4.74 Å². The van der Waals surface area contributed by atoms with E-state index in [9.17, 15) is 13.2 Å². The van der Waals surface area contributed by atoms with Crippen molar-refractivity contribution in [3.8, 4) is 0 Å². The number of ketones is 1. The summed E-state index contributed by atoms with van der Waals surface area (Å²) in [5.74, 6) is 0.0670. The molecule has 0 spiro atoms. The van der Waals surface area contributed by atoms with Crippen molar-refractivity contribution in [3.63, 3.8) is 0 Å². The van der Waals surface area contributed by atoms with Gasteiger partial charge < -0.3 is 4.74 Å². The summed E-state index contributed by atoms with van der Waals surface area (Å²) in [7, 11) is -3.51. The summed E-state index contributed by atoms with van der Waals surface area (Å²) < 4.78 is 32.8. The third-order valence-electron chi connectivity index (χ3n) is 5.03. The minimum Gasteiger partial charge on any atom is -0.369 e. The van der Waals surface area contributed by atoms with Crippen LogP contribution in [0.25, 0.3) is 0 Å². The summed E-state index contributed by atoms with van der Waals surface area (Å²) in [5.41, 5.74) is 2.06. The van der Waals surface area contributed by atoms with Gasteiger partial charge in [0, 0.05) is 19.5 Å². The molecule has 0 saturated carbocycles. The van der Waals surface area contributed by atoms with E-state index in [0.717, 1.165) is 24.0 Å². The molecule has 2 aromatic carbocycles. The molecule has 0 bridgehead atoms. The maximum absolute atomic E-state index is 12.9. The third-order valence-corrected chi connectivity index (χ3v) is 6.91. The second-order valence-electron chi connectivity index (χ2n) is 7.41. The molecule has 0 aromatic heterocycles. The van der Waals surface area contributed by atoms with Crippen molar-refractivity contribution in [2.75, 3.05) is 19.7 Å². The zero-order chi connectivity index (χ0) is 20.0. The van der Waals surface area contributed by atoms with Crippen LogP contribution in [0.1, 0.15) is 30.4 Å². The first-order chi connectivity index (χ1) is 13.4. The quantitative estimate of drug-likeness (QED) is 0.678. The van der Waals surface area contributed by atoms with Crippen LogP contribution in [-0.2, 0) is 26.2 Å². The molecule has 5 nitrogen and oxygen atoms in total. The largest absolute Gasteiger partial charge is 0.369 e. The number of sulfonamides is 1. The number of aryl methyl sites for hydroxylation is 1. The number of hydrogen-bond acceptors (Lipinski definition) is 4. The number of nitrogens with zero attached hydrogens (tertiary/aromatic N) is 1. The van der Waals surface area contributed by atoms with Crippen LogP contribution in [0.4, 0.5) is 0 Å². The summed E-state index contributed by atoms with van der Waals surface area (Å²) in [6.45, 7) is 3.30. The SMILES string of the molecule is Cc1ccc(S(=O)(=O)N2CCCC(CC(=O)COCc3ccccc3)C2)cc1. The molecule has 0 N–H and O–H groups in total. The van der Waals surface area contributed by atoms with Gasteiger partial charge in [-0.1, -0.05) is 48.0 Å². The highest BCUT2D eigenvalue weighted by Gasteiger charge is 2.31. The van der Waals surface area contributed by atoms with Gasteiger partial charge in [0.1, 0.15) is 6.61 Å². The van der Waals surface area contributed by atoms with Crippen LogP contribution in [0.3, 0.4) is 0 Å². The third kappa shape index (κ3) is 5.50. The Kier molecular flexibility index (Phi) is 6.99. The lowest BCUT2D eigenvalue weighted by atomic mass is 9.94. The van der Waals surface area contributed by atoms with Gasteiger partial charge in [-0.15, -0.1) is 0 Å². The average Bonchev–Trinajstić information content (AvgIpc) is 2.69. The highest BCUT2D eigenvalue weighted by molar-refractivity contribution is 7.89. The molecule has 0 radical (unpaired) electrons. The second kappa shape index (κ2) is 9.45. The van der Waals surface area contributed by atoms with E-state index < -0.39 is 10.0 Å². The van der Waals surface area contributed by atoms with E-state index in [0.29, 0.717) is 31.0 Å². The van der Waals surface area contributed by atoms with E-state index in [-0.39, 0.29) is 18.3 Å². The van der Waals surface area contributed by atoms with Gasteiger partial charge in [-0.2, -0.15) is 4.31 Å². The lowest BCUT2D eigenvalue weighted by Gasteiger charge is -2.31. The molecule has 1 heterocycles. The lowest BCUT2D eigenvalue weighted by molar-refractivity contribution is -0.125. The molecule has 1 fully saturated rings. The summed E-state index contributed by atoms with van der Waals surface area (Å²) >= 11 is 0. The number of Topliss-reactive ketones (excluding diaryl/α,β-unsaturated/α-hetero) is 1. The number of benzene rings is 2. The Morgan fingerprint density at radius 1 is 1.11 bits per heavy atom. The van der Waals surface area contributed by atoms with E-state index in [1.54, 1.807) is 12.1 Å². The highest BCUT2D eigenvalue weighted by atomic mass is 32.2. The monoisotopic (exact) mass is 401 g/mol. The molecule has 1 saturated heterocycles. The fourth-order valence-corrected chi connectivity index (χ4v) is 5.06. The minimum atomic E-state index is -3.51. The number of piperidine rings is 1. The fraction of sp³-hybridized carbons (Fsp3) is 0.409. The Morgan fingerprint density at radius 2 is 1.82 bits per heavy atom. The van der Waals surface area contributed by atoms with Crippen LogP contribution in [0.5, 0.6) is 0 Å². The van der Waals surface area contributed by atoms with Crippen LogP contribution >= 0.6 is 0 Å². The van der Waals surface area contributed by atoms with Gasteiger partial charge in [-0.3, -0.25) is 4.79 Å². The normalized spacial score (nSPS) is 18.1. The number of hydrogen-bond donors (Lipinski definition) is 0. The summed E-state index contributed by atoms with van der Waals surface area (Å²) in [6.07, 6.45) is 1.99. The highest BCUT2D eigenvalue weighted by Crippen LogP contribution is 2.26.